The number of nitrogens with zero attached hydrogens (tertiary/aromatic N) is 3. The summed E-state index contributed by atoms with van der Waals surface area (Å²) in [5.41, 5.74) is 3.64. The number of aryl methyl sites for hydroxylation is 1. The van der Waals surface area contributed by atoms with Gasteiger partial charge in [-0.05, 0) is 56.2 Å². The highest BCUT2D eigenvalue weighted by Gasteiger charge is 2.32. The second-order valence-electron chi connectivity index (χ2n) is 8.34. The highest BCUT2D eigenvalue weighted by Crippen LogP contribution is 2.29. The zero-order valence-corrected chi connectivity index (χ0v) is 17.5. The molecule has 1 atom stereocenters. The van der Waals surface area contributed by atoms with Gasteiger partial charge in [-0.15, -0.1) is 0 Å². The number of fused-ring (bicyclic) bond motifs is 1. The minimum Gasteiger partial charge on any atom is -0.438 e. The average molecular weight is 398 g/mol. The first-order valence-electron chi connectivity index (χ1n) is 10.6. The molecule has 0 N–H and O–H groups in total. The van der Waals surface area contributed by atoms with Crippen molar-refractivity contribution in [1.29, 1.82) is 0 Å². The van der Waals surface area contributed by atoms with Gasteiger partial charge in [-0.1, -0.05) is 24.3 Å². The summed E-state index contributed by atoms with van der Waals surface area (Å²) in [5.74, 6) is 0.735. The molecule has 2 heterocycles. The molecule has 1 aromatic carbocycles. The molecule has 1 aliphatic carbocycles. The van der Waals surface area contributed by atoms with Crippen LogP contribution >= 0.6 is 0 Å². The summed E-state index contributed by atoms with van der Waals surface area (Å²) < 4.78 is 10.6. The SMILES string of the molecule is COCCN(C[C@H]1CCCN(C2Cc3ccccc3C2)C1)C(=O)c1ocnc1C. The van der Waals surface area contributed by atoms with Gasteiger partial charge in [0.2, 0.25) is 5.76 Å². The summed E-state index contributed by atoms with van der Waals surface area (Å²) in [6, 6.07) is 9.41. The fraction of sp³-hybridized carbons (Fsp3) is 0.565. The lowest BCUT2D eigenvalue weighted by atomic mass is 9.95. The van der Waals surface area contributed by atoms with Crippen LogP contribution in [0.2, 0.25) is 0 Å². The van der Waals surface area contributed by atoms with Crippen LogP contribution in [0.5, 0.6) is 0 Å². The summed E-state index contributed by atoms with van der Waals surface area (Å²) in [6.07, 6.45) is 5.98. The molecule has 2 aliphatic rings. The number of amides is 1. The Labute approximate surface area is 172 Å². The molecule has 156 valence electrons. The van der Waals surface area contributed by atoms with E-state index in [9.17, 15) is 4.79 Å². The largest absolute Gasteiger partial charge is 0.438 e. The molecule has 0 spiro atoms. The lowest BCUT2D eigenvalue weighted by molar-refractivity contribution is 0.0546. The summed E-state index contributed by atoms with van der Waals surface area (Å²) in [4.78, 5) is 21.6. The normalized spacial score (nSPS) is 20.0. The van der Waals surface area contributed by atoms with Crippen LogP contribution in [0.4, 0.5) is 0 Å². The molecule has 0 saturated carbocycles. The predicted molar refractivity (Wildman–Crippen MR) is 111 cm³/mol. The van der Waals surface area contributed by atoms with Crippen molar-refractivity contribution in [2.24, 2.45) is 5.92 Å². The number of rotatable bonds is 7. The van der Waals surface area contributed by atoms with E-state index in [0.717, 1.165) is 38.9 Å². The number of benzene rings is 1. The van der Waals surface area contributed by atoms with Crippen LogP contribution < -0.4 is 0 Å². The van der Waals surface area contributed by atoms with Crippen molar-refractivity contribution < 1.29 is 13.9 Å². The molecular formula is C23H31N3O3. The molecule has 1 saturated heterocycles. The first kappa shape index (κ1) is 20.1. The topological polar surface area (TPSA) is 58.8 Å². The second-order valence-corrected chi connectivity index (χ2v) is 8.34. The van der Waals surface area contributed by atoms with Crippen molar-refractivity contribution in [2.75, 3.05) is 39.9 Å². The lowest BCUT2D eigenvalue weighted by Crippen LogP contribution is -2.47. The van der Waals surface area contributed by atoms with Gasteiger partial charge in [-0.25, -0.2) is 4.98 Å². The highest BCUT2D eigenvalue weighted by atomic mass is 16.5. The number of hydrogen-bond donors (Lipinski definition) is 0. The van der Waals surface area contributed by atoms with Crippen molar-refractivity contribution >= 4 is 5.91 Å². The van der Waals surface area contributed by atoms with Gasteiger partial charge in [-0.2, -0.15) is 0 Å². The molecule has 1 aliphatic heterocycles. The van der Waals surface area contributed by atoms with Gasteiger partial charge < -0.3 is 14.1 Å². The number of piperidine rings is 1. The van der Waals surface area contributed by atoms with E-state index in [1.807, 2.05) is 11.8 Å². The van der Waals surface area contributed by atoms with Gasteiger partial charge in [0.15, 0.2) is 6.39 Å². The van der Waals surface area contributed by atoms with E-state index in [1.165, 1.54) is 23.9 Å². The number of hydrogen-bond acceptors (Lipinski definition) is 5. The Hall–Kier alpha value is -2.18. The number of oxazole rings is 1. The minimum absolute atomic E-state index is 0.0811. The Balaban J connectivity index is 1.40. The van der Waals surface area contributed by atoms with Crippen LogP contribution in [0.3, 0.4) is 0 Å². The molecule has 0 radical (unpaired) electrons. The number of ether oxygens (including phenoxy) is 1. The van der Waals surface area contributed by atoms with E-state index in [4.69, 9.17) is 9.15 Å². The third-order valence-electron chi connectivity index (χ3n) is 6.37. The zero-order valence-electron chi connectivity index (χ0n) is 17.5. The Kier molecular flexibility index (Phi) is 6.31. The molecule has 29 heavy (non-hydrogen) atoms. The first-order valence-corrected chi connectivity index (χ1v) is 10.6. The van der Waals surface area contributed by atoms with Gasteiger partial charge in [-0.3, -0.25) is 9.69 Å². The standard InChI is InChI=1S/C23H31N3O3/c1-17-22(29-16-24-17)23(27)26(10-11-28-2)15-18-6-5-9-25(14-18)21-12-19-7-3-4-8-20(19)13-21/h3-4,7-8,16,18,21H,5-6,9-15H2,1-2H3/t18-/m0/s1. The average Bonchev–Trinajstić information content (AvgIpc) is 3.37. The molecule has 6 heteroatoms. The van der Waals surface area contributed by atoms with Crippen LogP contribution in [0.1, 0.15) is 40.2 Å². The van der Waals surface area contributed by atoms with Crippen molar-refractivity contribution in [1.82, 2.24) is 14.8 Å². The summed E-state index contributed by atoms with van der Waals surface area (Å²) >= 11 is 0. The van der Waals surface area contributed by atoms with Crippen LogP contribution in [0, 0.1) is 12.8 Å². The van der Waals surface area contributed by atoms with Crippen LogP contribution in [-0.2, 0) is 17.6 Å². The van der Waals surface area contributed by atoms with Crippen molar-refractivity contribution in [3.63, 3.8) is 0 Å². The van der Waals surface area contributed by atoms with E-state index in [1.54, 1.807) is 7.11 Å². The number of carbonyl (C=O) groups is 1. The number of methoxy groups -OCH3 is 1. The maximum atomic E-state index is 13.0. The molecule has 1 fully saturated rings. The summed E-state index contributed by atoms with van der Waals surface area (Å²) in [7, 11) is 1.67. The monoisotopic (exact) mass is 397 g/mol. The smallest absolute Gasteiger partial charge is 0.291 e. The van der Waals surface area contributed by atoms with E-state index in [-0.39, 0.29) is 5.91 Å². The fourth-order valence-electron chi connectivity index (χ4n) is 4.81. The first-order chi connectivity index (χ1) is 14.2. The van der Waals surface area contributed by atoms with Crippen LogP contribution in [0.15, 0.2) is 35.1 Å². The van der Waals surface area contributed by atoms with Gasteiger partial charge in [0.05, 0.1) is 12.3 Å². The minimum atomic E-state index is -0.0811. The molecule has 0 unspecified atom stereocenters. The van der Waals surface area contributed by atoms with E-state index in [0.29, 0.717) is 36.6 Å². The molecule has 2 aromatic rings. The third-order valence-corrected chi connectivity index (χ3v) is 6.37. The lowest BCUT2D eigenvalue weighted by Gasteiger charge is -2.38. The highest BCUT2D eigenvalue weighted by molar-refractivity contribution is 5.92. The quantitative estimate of drug-likeness (QED) is 0.719. The van der Waals surface area contributed by atoms with E-state index >= 15 is 0 Å². The second kappa shape index (κ2) is 9.09. The molecule has 0 bridgehead atoms. The van der Waals surface area contributed by atoms with Gasteiger partial charge in [0, 0.05) is 32.8 Å². The zero-order chi connectivity index (χ0) is 20.2. The Morgan fingerprint density at radius 3 is 2.72 bits per heavy atom. The Morgan fingerprint density at radius 1 is 1.31 bits per heavy atom. The molecule has 4 rings (SSSR count). The maximum Gasteiger partial charge on any atom is 0.291 e. The molecule has 6 nitrogen and oxygen atoms in total. The van der Waals surface area contributed by atoms with Crippen LogP contribution in [-0.4, -0.2) is 66.6 Å². The number of aromatic nitrogens is 1. The maximum absolute atomic E-state index is 13.0. The Bertz CT molecular complexity index is 809. The van der Waals surface area contributed by atoms with Crippen molar-refractivity contribution in [3.8, 4) is 0 Å². The molecular weight excluding hydrogens is 366 g/mol. The van der Waals surface area contributed by atoms with Gasteiger partial charge >= 0.3 is 0 Å². The van der Waals surface area contributed by atoms with E-state index in [2.05, 4.69) is 34.1 Å². The van der Waals surface area contributed by atoms with Gasteiger partial charge in [0.25, 0.3) is 5.91 Å². The molecule has 1 aromatic heterocycles. The fourth-order valence-corrected chi connectivity index (χ4v) is 4.81. The van der Waals surface area contributed by atoms with Crippen molar-refractivity contribution in [3.05, 3.63) is 53.2 Å². The Morgan fingerprint density at radius 2 is 2.07 bits per heavy atom. The summed E-state index contributed by atoms with van der Waals surface area (Å²) in [6.45, 7) is 5.84. The van der Waals surface area contributed by atoms with Gasteiger partial charge in [0.1, 0.15) is 0 Å². The van der Waals surface area contributed by atoms with Crippen LogP contribution in [0.25, 0.3) is 0 Å². The van der Waals surface area contributed by atoms with E-state index < -0.39 is 0 Å². The van der Waals surface area contributed by atoms with Crippen molar-refractivity contribution in [2.45, 2.75) is 38.6 Å². The predicted octanol–water partition coefficient (Wildman–Crippen LogP) is 2.95. The summed E-state index contributed by atoms with van der Waals surface area (Å²) in [5, 5.41) is 0. The third kappa shape index (κ3) is 4.54. The number of carbonyl (C=O) groups excluding carboxylic acids is 1. The molecule has 1 amide bonds. The number of likely N-dealkylation sites (tertiary alicyclic amines) is 1.